The maximum absolute atomic E-state index is 12.7. The van der Waals surface area contributed by atoms with Crippen molar-refractivity contribution in [2.75, 3.05) is 19.7 Å². The lowest BCUT2D eigenvalue weighted by molar-refractivity contribution is -0.142. The molecule has 1 aromatic heterocycles. The van der Waals surface area contributed by atoms with Crippen molar-refractivity contribution in [3.05, 3.63) is 59.8 Å². The van der Waals surface area contributed by atoms with Gasteiger partial charge in [-0.05, 0) is 30.9 Å². The van der Waals surface area contributed by atoms with Crippen molar-refractivity contribution in [1.29, 1.82) is 0 Å². The van der Waals surface area contributed by atoms with Crippen LogP contribution in [0.1, 0.15) is 35.2 Å². The number of morpholine rings is 1. The van der Waals surface area contributed by atoms with Crippen molar-refractivity contribution < 1.29 is 14.3 Å². The van der Waals surface area contributed by atoms with Crippen LogP contribution in [-0.2, 0) is 11.3 Å². The van der Waals surface area contributed by atoms with Crippen LogP contribution in [0.5, 0.6) is 5.88 Å². The average Bonchev–Trinajstić information content (AvgIpc) is 2.66. The highest BCUT2D eigenvalue weighted by Gasteiger charge is 2.43. The number of pyridine rings is 1. The van der Waals surface area contributed by atoms with Crippen LogP contribution in [0.25, 0.3) is 0 Å². The summed E-state index contributed by atoms with van der Waals surface area (Å²) < 4.78 is 11.6. The lowest BCUT2D eigenvalue weighted by Gasteiger charge is -2.48. The Morgan fingerprint density at radius 3 is 2.72 bits per heavy atom. The molecule has 1 aromatic carbocycles. The molecule has 4 rings (SSSR count). The zero-order valence-corrected chi connectivity index (χ0v) is 14.2. The third-order valence-corrected chi connectivity index (χ3v) is 5.01. The Balaban J connectivity index is 1.37. The highest BCUT2D eigenvalue weighted by Crippen LogP contribution is 2.38. The van der Waals surface area contributed by atoms with Gasteiger partial charge in [0.05, 0.1) is 24.3 Å². The van der Waals surface area contributed by atoms with E-state index in [4.69, 9.17) is 9.47 Å². The summed E-state index contributed by atoms with van der Waals surface area (Å²) in [5.74, 6) is 0.550. The van der Waals surface area contributed by atoms with E-state index in [-0.39, 0.29) is 11.5 Å². The smallest absolute Gasteiger partial charge is 0.255 e. The highest BCUT2D eigenvalue weighted by molar-refractivity contribution is 5.94. The zero-order valence-electron chi connectivity index (χ0n) is 14.2. The van der Waals surface area contributed by atoms with Crippen molar-refractivity contribution >= 4 is 5.91 Å². The molecule has 2 aliphatic rings. The number of carbonyl (C=O) groups is 1. The summed E-state index contributed by atoms with van der Waals surface area (Å²) in [4.78, 5) is 18.9. The van der Waals surface area contributed by atoms with Gasteiger partial charge in [0, 0.05) is 18.8 Å². The van der Waals surface area contributed by atoms with Crippen LogP contribution < -0.4 is 4.74 Å². The van der Waals surface area contributed by atoms with Crippen LogP contribution in [0.15, 0.2) is 48.7 Å². The predicted molar refractivity (Wildman–Crippen MR) is 93.4 cm³/mol. The van der Waals surface area contributed by atoms with Crippen LogP contribution in [-0.4, -0.2) is 41.1 Å². The first-order chi connectivity index (χ1) is 12.2. The number of rotatable bonds is 4. The molecule has 130 valence electrons. The molecule has 1 aliphatic heterocycles. The van der Waals surface area contributed by atoms with E-state index in [1.165, 1.54) is 6.42 Å². The topological polar surface area (TPSA) is 51.7 Å². The second kappa shape index (κ2) is 6.84. The van der Waals surface area contributed by atoms with E-state index in [0.717, 1.165) is 18.4 Å². The Morgan fingerprint density at radius 2 is 2.04 bits per heavy atom. The van der Waals surface area contributed by atoms with Gasteiger partial charge >= 0.3 is 0 Å². The van der Waals surface area contributed by atoms with Crippen LogP contribution in [0.2, 0.25) is 0 Å². The second-order valence-corrected chi connectivity index (χ2v) is 6.77. The highest BCUT2D eigenvalue weighted by atomic mass is 16.5. The van der Waals surface area contributed by atoms with Crippen molar-refractivity contribution in [3.8, 4) is 5.88 Å². The van der Waals surface area contributed by atoms with Crippen molar-refractivity contribution in [1.82, 2.24) is 9.88 Å². The first kappa shape index (κ1) is 16.1. The van der Waals surface area contributed by atoms with E-state index in [1.54, 1.807) is 18.3 Å². The minimum Gasteiger partial charge on any atom is -0.473 e. The van der Waals surface area contributed by atoms with Crippen molar-refractivity contribution in [3.63, 3.8) is 0 Å². The average molecular weight is 338 g/mol. The van der Waals surface area contributed by atoms with Gasteiger partial charge in [-0.15, -0.1) is 0 Å². The Labute approximate surface area is 147 Å². The van der Waals surface area contributed by atoms with Crippen molar-refractivity contribution in [2.45, 2.75) is 31.5 Å². The van der Waals surface area contributed by atoms with E-state index in [9.17, 15) is 4.79 Å². The van der Waals surface area contributed by atoms with E-state index < -0.39 is 0 Å². The third-order valence-electron chi connectivity index (χ3n) is 5.01. The van der Waals surface area contributed by atoms with Crippen LogP contribution in [0, 0.1) is 0 Å². The SMILES string of the molecule is O=C(c1ccc(OCc2ccccc2)nc1)N1CCOC2(CCC2)C1. The van der Waals surface area contributed by atoms with Gasteiger partial charge in [-0.1, -0.05) is 30.3 Å². The molecule has 1 saturated heterocycles. The minimum atomic E-state index is -0.0833. The van der Waals surface area contributed by atoms with Gasteiger partial charge in [-0.25, -0.2) is 4.98 Å². The van der Waals surface area contributed by atoms with Gasteiger partial charge in [0.15, 0.2) is 0 Å². The summed E-state index contributed by atoms with van der Waals surface area (Å²) in [5.41, 5.74) is 1.60. The minimum absolute atomic E-state index is 0.0247. The second-order valence-electron chi connectivity index (χ2n) is 6.77. The molecular formula is C20H22N2O3. The monoisotopic (exact) mass is 338 g/mol. The summed E-state index contributed by atoms with van der Waals surface area (Å²) in [6.07, 6.45) is 4.91. The molecule has 25 heavy (non-hydrogen) atoms. The quantitative estimate of drug-likeness (QED) is 0.860. The normalized spacial score (nSPS) is 18.6. The third kappa shape index (κ3) is 3.51. The molecule has 5 heteroatoms. The number of aromatic nitrogens is 1. The summed E-state index contributed by atoms with van der Waals surface area (Å²) >= 11 is 0. The zero-order chi connectivity index (χ0) is 17.1. The molecule has 2 fully saturated rings. The molecule has 0 unspecified atom stereocenters. The maximum atomic E-state index is 12.7. The maximum Gasteiger partial charge on any atom is 0.255 e. The number of benzene rings is 1. The Kier molecular flexibility index (Phi) is 4.40. The molecule has 5 nitrogen and oxygen atoms in total. The molecule has 0 radical (unpaired) electrons. The van der Waals surface area contributed by atoms with Gasteiger partial charge in [0.1, 0.15) is 6.61 Å². The fraction of sp³-hybridized carbons (Fsp3) is 0.400. The summed E-state index contributed by atoms with van der Waals surface area (Å²) in [6.45, 7) is 2.43. The van der Waals surface area contributed by atoms with Gasteiger partial charge in [0.2, 0.25) is 5.88 Å². The van der Waals surface area contributed by atoms with E-state index >= 15 is 0 Å². The fourth-order valence-corrected chi connectivity index (χ4v) is 3.40. The van der Waals surface area contributed by atoms with Gasteiger partial charge in [-0.3, -0.25) is 4.79 Å². The number of ether oxygens (including phenoxy) is 2. The van der Waals surface area contributed by atoms with Crippen LogP contribution in [0.4, 0.5) is 0 Å². The summed E-state index contributed by atoms with van der Waals surface area (Å²) in [5, 5.41) is 0. The standard InChI is InChI=1S/C20H22N2O3/c23-19(22-11-12-25-20(15-22)9-4-10-20)17-7-8-18(21-13-17)24-14-16-5-2-1-3-6-16/h1-3,5-8,13H,4,9-12,14-15H2. The van der Waals surface area contributed by atoms with Gasteiger partial charge in [0.25, 0.3) is 5.91 Å². The largest absolute Gasteiger partial charge is 0.473 e. The molecule has 1 aliphatic carbocycles. The number of hydrogen-bond acceptors (Lipinski definition) is 4. The fourth-order valence-electron chi connectivity index (χ4n) is 3.40. The Bertz CT molecular complexity index is 726. The molecule has 1 saturated carbocycles. The Hall–Kier alpha value is -2.40. The molecule has 0 atom stereocenters. The lowest BCUT2D eigenvalue weighted by Crippen LogP contribution is -2.57. The summed E-state index contributed by atoms with van der Waals surface area (Å²) in [6, 6.07) is 13.5. The predicted octanol–water partition coefficient (Wildman–Crippen LogP) is 3.06. The molecule has 0 N–H and O–H groups in total. The number of amides is 1. The molecule has 2 heterocycles. The molecule has 2 aromatic rings. The number of hydrogen-bond donors (Lipinski definition) is 0. The summed E-state index contributed by atoms with van der Waals surface area (Å²) in [7, 11) is 0. The van der Waals surface area contributed by atoms with E-state index in [0.29, 0.717) is 37.7 Å². The van der Waals surface area contributed by atoms with Crippen molar-refractivity contribution in [2.24, 2.45) is 0 Å². The Morgan fingerprint density at radius 1 is 1.20 bits per heavy atom. The number of nitrogens with zero attached hydrogens (tertiary/aromatic N) is 2. The molecule has 0 bridgehead atoms. The molecular weight excluding hydrogens is 316 g/mol. The van der Waals surface area contributed by atoms with Gasteiger partial charge in [-0.2, -0.15) is 0 Å². The van der Waals surface area contributed by atoms with E-state index in [2.05, 4.69) is 4.98 Å². The first-order valence-electron chi connectivity index (χ1n) is 8.80. The van der Waals surface area contributed by atoms with Gasteiger partial charge < -0.3 is 14.4 Å². The molecule has 1 amide bonds. The van der Waals surface area contributed by atoms with Crippen LogP contribution in [0.3, 0.4) is 0 Å². The first-order valence-corrected chi connectivity index (χ1v) is 8.80. The number of carbonyl (C=O) groups excluding carboxylic acids is 1. The van der Waals surface area contributed by atoms with Crippen LogP contribution >= 0.6 is 0 Å². The molecule has 1 spiro atoms. The lowest BCUT2D eigenvalue weighted by atomic mass is 9.79. The van der Waals surface area contributed by atoms with E-state index in [1.807, 2.05) is 35.2 Å².